The van der Waals surface area contributed by atoms with Crippen molar-refractivity contribution in [1.29, 1.82) is 0 Å². The molecule has 2 aromatic rings. The molecule has 0 aromatic carbocycles. The van der Waals surface area contributed by atoms with E-state index in [9.17, 15) is 9.59 Å². The molecule has 6 heteroatoms. The zero-order valence-corrected chi connectivity index (χ0v) is 11.0. The minimum Gasteiger partial charge on any atom is -0.296 e. The summed E-state index contributed by atoms with van der Waals surface area (Å²) in [5.74, 6) is -0.676. The topological polar surface area (TPSA) is 63.5 Å². The van der Waals surface area contributed by atoms with E-state index in [2.05, 4.69) is 26.2 Å². The number of carbonyl (C=O) groups is 2. The molecule has 2 aromatic heterocycles. The Morgan fingerprint density at radius 1 is 1.44 bits per heavy atom. The van der Waals surface area contributed by atoms with E-state index in [1.54, 1.807) is 6.20 Å². The molecule has 0 bridgehead atoms. The number of fused-ring (bicyclic) bond motifs is 1. The van der Waals surface area contributed by atoms with Crippen molar-refractivity contribution in [1.82, 2.24) is 14.7 Å². The summed E-state index contributed by atoms with van der Waals surface area (Å²) in [6, 6.07) is 3.77. The molecule has 3 rings (SSSR count). The fourth-order valence-electron chi connectivity index (χ4n) is 2.19. The van der Waals surface area contributed by atoms with E-state index in [-0.39, 0.29) is 17.7 Å². The van der Waals surface area contributed by atoms with Gasteiger partial charge in [-0.3, -0.25) is 19.3 Å². The molecule has 5 nitrogen and oxygen atoms in total. The number of imidazole rings is 1. The first kappa shape index (κ1) is 11.4. The van der Waals surface area contributed by atoms with Gasteiger partial charge in [0.05, 0.1) is 12.1 Å². The molecule has 1 aliphatic heterocycles. The van der Waals surface area contributed by atoms with Crippen molar-refractivity contribution in [2.24, 2.45) is 0 Å². The standard InChI is InChI=1S/C12H10BrN3O2/c13-9-6-14-10-5-7(3-4-16(9)10)8-1-2-11(17)15-12(8)18/h3-6,8H,1-2H2,(H,15,17,18). The zero-order valence-electron chi connectivity index (χ0n) is 9.39. The van der Waals surface area contributed by atoms with Gasteiger partial charge in [-0.2, -0.15) is 0 Å². The van der Waals surface area contributed by atoms with E-state index in [4.69, 9.17) is 0 Å². The molecule has 0 aliphatic carbocycles. The maximum absolute atomic E-state index is 11.8. The summed E-state index contributed by atoms with van der Waals surface area (Å²) in [6.07, 6.45) is 4.53. The molecule has 1 aliphatic rings. The van der Waals surface area contributed by atoms with Crippen LogP contribution in [0.2, 0.25) is 0 Å². The number of imide groups is 1. The van der Waals surface area contributed by atoms with Gasteiger partial charge < -0.3 is 0 Å². The van der Waals surface area contributed by atoms with Gasteiger partial charge in [0.1, 0.15) is 10.3 Å². The summed E-state index contributed by atoms with van der Waals surface area (Å²) in [5, 5.41) is 2.37. The van der Waals surface area contributed by atoms with Crippen LogP contribution in [0.25, 0.3) is 5.65 Å². The summed E-state index contributed by atoms with van der Waals surface area (Å²) in [6.45, 7) is 0. The minimum absolute atomic E-state index is 0.194. The van der Waals surface area contributed by atoms with Gasteiger partial charge in [-0.15, -0.1) is 0 Å². The van der Waals surface area contributed by atoms with Crippen LogP contribution < -0.4 is 5.32 Å². The number of amides is 2. The fraction of sp³-hybridized carbons (Fsp3) is 0.250. The maximum Gasteiger partial charge on any atom is 0.234 e. The van der Waals surface area contributed by atoms with E-state index < -0.39 is 0 Å². The molecule has 1 atom stereocenters. The van der Waals surface area contributed by atoms with E-state index in [0.29, 0.717) is 12.8 Å². The molecule has 0 radical (unpaired) electrons. The summed E-state index contributed by atoms with van der Waals surface area (Å²) in [7, 11) is 0. The number of nitrogens with zero attached hydrogens (tertiary/aromatic N) is 2. The number of hydrogen-bond donors (Lipinski definition) is 1. The van der Waals surface area contributed by atoms with Crippen LogP contribution >= 0.6 is 15.9 Å². The van der Waals surface area contributed by atoms with Gasteiger partial charge in [0.15, 0.2) is 0 Å². The Morgan fingerprint density at radius 3 is 3.06 bits per heavy atom. The molecule has 1 fully saturated rings. The Labute approximate surface area is 111 Å². The number of hydrogen-bond acceptors (Lipinski definition) is 3. The second kappa shape index (κ2) is 4.20. The van der Waals surface area contributed by atoms with Crippen molar-refractivity contribution in [3.05, 3.63) is 34.7 Å². The Kier molecular flexibility index (Phi) is 2.66. The number of aromatic nitrogens is 2. The third-order valence-electron chi connectivity index (χ3n) is 3.13. The average Bonchev–Trinajstić information content (AvgIpc) is 2.71. The molecule has 1 saturated heterocycles. The summed E-state index contributed by atoms with van der Waals surface area (Å²) in [4.78, 5) is 27.1. The molecular formula is C12H10BrN3O2. The third kappa shape index (κ3) is 1.82. The monoisotopic (exact) mass is 307 g/mol. The molecule has 2 amide bonds. The lowest BCUT2D eigenvalue weighted by Crippen LogP contribution is -2.39. The quantitative estimate of drug-likeness (QED) is 0.814. The van der Waals surface area contributed by atoms with Gasteiger partial charge in [0.2, 0.25) is 11.8 Å². The van der Waals surface area contributed by atoms with Crippen LogP contribution in [0.5, 0.6) is 0 Å². The van der Waals surface area contributed by atoms with E-state index in [1.807, 2.05) is 22.7 Å². The highest BCUT2D eigenvalue weighted by Gasteiger charge is 2.28. The van der Waals surface area contributed by atoms with Crippen LogP contribution in [0.3, 0.4) is 0 Å². The van der Waals surface area contributed by atoms with Gasteiger partial charge in [0, 0.05) is 12.6 Å². The first-order valence-corrected chi connectivity index (χ1v) is 6.40. The number of rotatable bonds is 1. The lowest BCUT2D eigenvalue weighted by molar-refractivity contribution is -0.134. The second-order valence-electron chi connectivity index (χ2n) is 4.27. The molecule has 92 valence electrons. The smallest absolute Gasteiger partial charge is 0.234 e. The largest absolute Gasteiger partial charge is 0.296 e. The molecule has 18 heavy (non-hydrogen) atoms. The highest BCUT2D eigenvalue weighted by atomic mass is 79.9. The number of piperidine rings is 1. The molecule has 3 heterocycles. The SMILES string of the molecule is O=C1CCC(c2ccn3c(Br)cnc3c2)C(=O)N1. The number of halogens is 1. The fourth-order valence-corrected chi connectivity index (χ4v) is 2.60. The Bertz CT molecular complexity index is 650. The number of pyridine rings is 1. The summed E-state index contributed by atoms with van der Waals surface area (Å²) < 4.78 is 2.75. The average molecular weight is 308 g/mol. The first-order chi connectivity index (χ1) is 8.65. The Balaban J connectivity index is 1.99. The first-order valence-electron chi connectivity index (χ1n) is 5.61. The molecule has 0 saturated carbocycles. The summed E-state index contributed by atoms with van der Waals surface area (Å²) in [5.41, 5.74) is 1.68. The van der Waals surface area contributed by atoms with Crippen LogP contribution in [0.15, 0.2) is 29.1 Å². The highest BCUT2D eigenvalue weighted by Crippen LogP contribution is 2.26. The van der Waals surface area contributed by atoms with Crippen LogP contribution in [-0.4, -0.2) is 21.2 Å². The number of nitrogens with one attached hydrogen (secondary N) is 1. The van der Waals surface area contributed by atoms with Crippen LogP contribution in [0, 0.1) is 0 Å². The van der Waals surface area contributed by atoms with Crippen molar-refractivity contribution in [3.8, 4) is 0 Å². The van der Waals surface area contributed by atoms with Gasteiger partial charge in [0.25, 0.3) is 0 Å². The van der Waals surface area contributed by atoms with Crippen LogP contribution in [-0.2, 0) is 9.59 Å². The van der Waals surface area contributed by atoms with Crippen molar-refractivity contribution in [2.75, 3.05) is 0 Å². The van der Waals surface area contributed by atoms with Crippen molar-refractivity contribution in [3.63, 3.8) is 0 Å². The van der Waals surface area contributed by atoms with E-state index >= 15 is 0 Å². The van der Waals surface area contributed by atoms with E-state index in [0.717, 1.165) is 15.8 Å². The highest BCUT2D eigenvalue weighted by molar-refractivity contribution is 9.10. The Hall–Kier alpha value is -1.69. The third-order valence-corrected chi connectivity index (χ3v) is 3.72. The molecule has 1 N–H and O–H groups in total. The predicted molar refractivity (Wildman–Crippen MR) is 68.0 cm³/mol. The van der Waals surface area contributed by atoms with Gasteiger partial charge in [-0.05, 0) is 40.0 Å². The van der Waals surface area contributed by atoms with Gasteiger partial charge >= 0.3 is 0 Å². The minimum atomic E-state index is -0.261. The Morgan fingerprint density at radius 2 is 2.28 bits per heavy atom. The lowest BCUT2D eigenvalue weighted by Gasteiger charge is -2.21. The zero-order chi connectivity index (χ0) is 12.7. The lowest BCUT2D eigenvalue weighted by atomic mass is 9.91. The second-order valence-corrected chi connectivity index (χ2v) is 5.09. The predicted octanol–water partition coefficient (Wildman–Crippen LogP) is 1.62. The normalized spacial score (nSPS) is 20.2. The summed E-state index contributed by atoms with van der Waals surface area (Å²) >= 11 is 3.38. The van der Waals surface area contributed by atoms with Gasteiger partial charge in [-0.25, -0.2) is 4.98 Å². The molecule has 1 unspecified atom stereocenters. The van der Waals surface area contributed by atoms with Gasteiger partial charge in [-0.1, -0.05) is 0 Å². The molecular weight excluding hydrogens is 298 g/mol. The number of carbonyl (C=O) groups excluding carboxylic acids is 2. The van der Waals surface area contributed by atoms with Crippen molar-refractivity contribution < 1.29 is 9.59 Å². The van der Waals surface area contributed by atoms with Crippen molar-refractivity contribution >= 4 is 33.4 Å². The van der Waals surface area contributed by atoms with Crippen LogP contribution in [0.1, 0.15) is 24.3 Å². The van der Waals surface area contributed by atoms with Crippen molar-refractivity contribution in [2.45, 2.75) is 18.8 Å². The maximum atomic E-state index is 11.8. The molecule has 0 spiro atoms. The van der Waals surface area contributed by atoms with E-state index in [1.165, 1.54) is 0 Å². The van der Waals surface area contributed by atoms with Crippen LogP contribution in [0.4, 0.5) is 0 Å².